The summed E-state index contributed by atoms with van der Waals surface area (Å²) in [7, 11) is 0. The molecule has 4 heteroatoms. The minimum atomic E-state index is -0.975. The molecule has 0 radical (unpaired) electrons. The van der Waals surface area contributed by atoms with Crippen LogP contribution in [0.5, 0.6) is 0 Å². The highest BCUT2D eigenvalue weighted by molar-refractivity contribution is 5.88. The van der Waals surface area contributed by atoms with Crippen LogP contribution in [-0.4, -0.2) is 16.1 Å². The number of nitrogens with zero attached hydrogens (tertiary/aromatic N) is 2. The van der Waals surface area contributed by atoms with Gasteiger partial charge in [0.15, 0.2) is 0 Å². The molecule has 2 aromatic carbocycles. The van der Waals surface area contributed by atoms with Crippen molar-refractivity contribution in [3.8, 4) is 28.5 Å². The second kappa shape index (κ2) is 6.35. The normalized spacial score (nSPS) is 10.2. The fourth-order valence-electron chi connectivity index (χ4n) is 2.58. The second-order valence-corrected chi connectivity index (χ2v) is 5.42. The number of aromatic carboxylic acids is 1. The van der Waals surface area contributed by atoms with Crippen molar-refractivity contribution in [3.63, 3.8) is 0 Å². The van der Waals surface area contributed by atoms with Crippen LogP contribution < -0.4 is 0 Å². The van der Waals surface area contributed by atoms with Crippen molar-refractivity contribution in [1.82, 2.24) is 4.98 Å². The van der Waals surface area contributed by atoms with Crippen molar-refractivity contribution in [2.24, 2.45) is 0 Å². The lowest BCUT2D eigenvalue weighted by Crippen LogP contribution is -1.96. The lowest BCUT2D eigenvalue weighted by Gasteiger charge is -2.09. The predicted octanol–water partition coefficient (Wildman–Crippen LogP) is 4.29. The second-order valence-electron chi connectivity index (χ2n) is 5.42. The number of carboxylic acid groups (broad SMARTS) is 1. The lowest BCUT2D eigenvalue weighted by molar-refractivity contribution is 0.0697. The molecule has 0 spiro atoms. The van der Waals surface area contributed by atoms with Crippen LogP contribution >= 0.6 is 0 Å². The van der Waals surface area contributed by atoms with Crippen molar-refractivity contribution in [3.05, 3.63) is 77.5 Å². The van der Waals surface area contributed by atoms with E-state index in [2.05, 4.69) is 11.1 Å². The molecule has 0 saturated carbocycles. The first-order valence-electron chi connectivity index (χ1n) is 7.40. The minimum absolute atomic E-state index is 0.213. The Balaban J connectivity index is 2.13. The van der Waals surface area contributed by atoms with Crippen molar-refractivity contribution in [2.75, 3.05) is 0 Å². The largest absolute Gasteiger partial charge is 0.478 e. The number of benzene rings is 2. The van der Waals surface area contributed by atoms with Gasteiger partial charge in [-0.2, -0.15) is 5.26 Å². The molecule has 0 atom stereocenters. The average Bonchev–Trinajstić information content (AvgIpc) is 2.61. The van der Waals surface area contributed by atoms with Gasteiger partial charge in [-0.1, -0.05) is 36.4 Å². The van der Waals surface area contributed by atoms with Crippen LogP contribution in [0.1, 0.15) is 21.5 Å². The summed E-state index contributed by atoms with van der Waals surface area (Å²) in [5, 5.41) is 18.4. The van der Waals surface area contributed by atoms with Crippen LogP contribution in [0.4, 0.5) is 0 Å². The number of carboxylic acids is 1. The van der Waals surface area contributed by atoms with Crippen molar-refractivity contribution in [2.45, 2.75) is 6.92 Å². The van der Waals surface area contributed by atoms with Gasteiger partial charge >= 0.3 is 5.97 Å². The zero-order valence-corrected chi connectivity index (χ0v) is 13.0. The SMILES string of the molecule is Cc1ccccc1-c1cc(-c2ccc(C(=O)O)cc2)c(C#N)cn1. The number of hydrogen-bond donors (Lipinski definition) is 1. The van der Waals surface area contributed by atoms with Crippen molar-refractivity contribution in [1.29, 1.82) is 5.26 Å². The topological polar surface area (TPSA) is 74.0 Å². The third kappa shape index (κ3) is 2.88. The lowest BCUT2D eigenvalue weighted by atomic mass is 9.97. The number of carbonyl (C=O) groups is 1. The van der Waals surface area contributed by atoms with Gasteiger partial charge < -0.3 is 5.11 Å². The molecule has 0 saturated heterocycles. The van der Waals surface area contributed by atoms with Gasteiger partial charge in [0.25, 0.3) is 0 Å². The first-order chi connectivity index (χ1) is 11.6. The van der Waals surface area contributed by atoms with Crippen LogP contribution in [0.15, 0.2) is 60.8 Å². The Morgan fingerprint density at radius 2 is 1.79 bits per heavy atom. The molecule has 0 aliphatic carbocycles. The number of hydrogen-bond acceptors (Lipinski definition) is 3. The van der Waals surface area contributed by atoms with Gasteiger partial charge in [0.2, 0.25) is 0 Å². The summed E-state index contributed by atoms with van der Waals surface area (Å²) in [6, 6.07) is 18.4. The highest BCUT2D eigenvalue weighted by Crippen LogP contribution is 2.29. The Hall–Kier alpha value is -3.45. The predicted molar refractivity (Wildman–Crippen MR) is 91.5 cm³/mol. The molecule has 0 amide bonds. The number of aryl methyl sites for hydroxylation is 1. The Labute approximate surface area is 139 Å². The summed E-state index contributed by atoms with van der Waals surface area (Å²) in [6.07, 6.45) is 1.56. The summed E-state index contributed by atoms with van der Waals surface area (Å²) < 4.78 is 0. The number of nitriles is 1. The van der Waals surface area contributed by atoms with E-state index < -0.39 is 5.97 Å². The Morgan fingerprint density at radius 3 is 2.42 bits per heavy atom. The Kier molecular flexibility index (Phi) is 4.09. The summed E-state index contributed by atoms with van der Waals surface area (Å²) in [5.41, 5.74) is 5.08. The van der Waals surface area contributed by atoms with Crippen molar-refractivity contribution >= 4 is 5.97 Å². The third-order valence-electron chi connectivity index (χ3n) is 3.89. The van der Waals surface area contributed by atoms with E-state index >= 15 is 0 Å². The quantitative estimate of drug-likeness (QED) is 0.782. The van der Waals surface area contributed by atoms with Gasteiger partial charge in [0.1, 0.15) is 6.07 Å². The molecule has 116 valence electrons. The summed E-state index contributed by atoms with van der Waals surface area (Å²) in [6.45, 7) is 2.01. The molecule has 0 aliphatic heterocycles. The van der Waals surface area contributed by atoms with Gasteiger partial charge in [-0.25, -0.2) is 4.79 Å². The summed E-state index contributed by atoms with van der Waals surface area (Å²) in [4.78, 5) is 15.4. The fourth-order valence-corrected chi connectivity index (χ4v) is 2.58. The molecule has 0 unspecified atom stereocenters. The van der Waals surface area contributed by atoms with Crippen LogP contribution in [0, 0.1) is 18.3 Å². The van der Waals surface area contributed by atoms with Crippen LogP contribution in [0.2, 0.25) is 0 Å². The first kappa shape index (κ1) is 15.4. The van der Waals surface area contributed by atoms with E-state index in [4.69, 9.17) is 5.11 Å². The molecular weight excluding hydrogens is 300 g/mol. The highest BCUT2D eigenvalue weighted by Gasteiger charge is 2.11. The van der Waals surface area contributed by atoms with E-state index in [1.165, 1.54) is 12.1 Å². The first-order valence-corrected chi connectivity index (χ1v) is 7.40. The average molecular weight is 314 g/mol. The molecule has 0 bridgehead atoms. The van der Waals surface area contributed by atoms with Crippen LogP contribution in [-0.2, 0) is 0 Å². The number of pyridine rings is 1. The Bertz CT molecular complexity index is 954. The molecule has 1 N–H and O–H groups in total. The molecule has 0 aliphatic rings. The highest BCUT2D eigenvalue weighted by atomic mass is 16.4. The van der Waals surface area contributed by atoms with Crippen molar-refractivity contribution < 1.29 is 9.90 Å². The third-order valence-corrected chi connectivity index (χ3v) is 3.89. The standard InChI is InChI=1S/C20H14N2O2/c1-13-4-2-3-5-17(13)19-10-18(16(11-21)12-22-19)14-6-8-15(9-7-14)20(23)24/h2-10,12H,1H3,(H,23,24). The Morgan fingerprint density at radius 1 is 1.08 bits per heavy atom. The van der Waals surface area contributed by atoms with Gasteiger partial charge in [-0.3, -0.25) is 4.98 Å². The molecule has 3 aromatic rings. The zero-order valence-electron chi connectivity index (χ0n) is 13.0. The van der Waals surface area contributed by atoms with Gasteiger partial charge in [0, 0.05) is 17.3 Å². The summed E-state index contributed by atoms with van der Waals surface area (Å²) in [5.74, 6) is -0.975. The molecule has 1 heterocycles. The zero-order chi connectivity index (χ0) is 17.1. The molecular formula is C20H14N2O2. The van der Waals surface area contributed by atoms with Crippen LogP contribution in [0.3, 0.4) is 0 Å². The maximum atomic E-state index is 11.0. The smallest absolute Gasteiger partial charge is 0.335 e. The van der Waals surface area contributed by atoms with Crippen LogP contribution in [0.25, 0.3) is 22.4 Å². The molecule has 1 aromatic heterocycles. The van der Waals surface area contributed by atoms with E-state index in [1.54, 1.807) is 18.3 Å². The van der Waals surface area contributed by atoms with E-state index in [-0.39, 0.29) is 5.56 Å². The monoisotopic (exact) mass is 314 g/mol. The van der Waals surface area contributed by atoms with E-state index in [0.717, 1.165) is 27.9 Å². The maximum absolute atomic E-state index is 11.0. The fraction of sp³-hybridized carbons (Fsp3) is 0.0500. The molecule has 4 nitrogen and oxygen atoms in total. The van der Waals surface area contributed by atoms with E-state index in [1.807, 2.05) is 37.3 Å². The summed E-state index contributed by atoms with van der Waals surface area (Å²) >= 11 is 0. The van der Waals surface area contributed by atoms with Gasteiger partial charge in [-0.05, 0) is 36.2 Å². The minimum Gasteiger partial charge on any atom is -0.478 e. The number of aromatic nitrogens is 1. The van der Waals surface area contributed by atoms with E-state index in [0.29, 0.717) is 5.56 Å². The van der Waals surface area contributed by atoms with E-state index in [9.17, 15) is 10.1 Å². The molecule has 3 rings (SSSR count). The molecule has 24 heavy (non-hydrogen) atoms. The molecule has 0 fully saturated rings. The maximum Gasteiger partial charge on any atom is 0.335 e. The van der Waals surface area contributed by atoms with Gasteiger partial charge in [0.05, 0.1) is 16.8 Å². The number of rotatable bonds is 3. The van der Waals surface area contributed by atoms with Gasteiger partial charge in [-0.15, -0.1) is 0 Å².